The number of rotatable bonds is 8. The second kappa shape index (κ2) is 11.3. The Bertz CT molecular complexity index is 1020. The lowest BCUT2D eigenvalue weighted by atomic mass is 10.0. The lowest BCUT2D eigenvalue weighted by Gasteiger charge is -2.32. The van der Waals surface area contributed by atoms with E-state index in [2.05, 4.69) is 15.1 Å². The predicted octanol–water partition coefficient (Wildman–Crippen LogP) is 4.36. The average molecular weight is 468 g/mol. The zero-order valence-electron chi connectivity index (χ0n) is 18.6. The number of hydrogen-bond acceptors (Lipinski definition) is 5. The van der Waals surface area contributed by atoms with E-state index in [4.69, 9.17) is 16.3 Å². The average Bonchev–Trinajstić information content (AvgIpc) is 2.80. The van der Waals surface area contributed by atoms with Crippen LogP contribution in [0.2, 0.25) is 5.02 Å². The second-order valence-corrected chi connectivity index (χ2v) is 8.96. The van der Waals surface area contributed by atoms with E-state index >= 15 is 0 Å². The molecule has 0 spiro atoms. The molecule has 33 heavy (non-hydrogen) atoms. The molecule has 0 saturated carbocycles. The van der Waals surface area contributed by atoms with Gasteiger partial charge in [0.25, 0.3) is 0 Å². The highest BCUT2D eigenvalue weighted by atomic mass is 35.5. The fourth-order valence-electron chi connectivity index (χ4n) is 4.24. The zero-order chi connectivity index (χ0) is 23.0. The molecule has 2 aliphatic heterocycles. The smallest absolute Gasteiger partial charge is 0.224 e. The number of benzene rings is 2. The minimum atomic E-state index is 0.0594. The van der Waals surface area contributed by atoms with Gasteiger partial charge in [0.1, 0.15) is 17.8 Å². The molecule has 2 N–H and O–H groups in total. The van der Waals surface area contributed by atoms with Crippen molar-refractivity contribution in [2.45, 2.75) is 31.7 Å². The fraction of sp³-hybridized carbons (Fsp3) is 0.346. The predicted molar refractivity (Wildman–Crippen MR) is 130 cm³/mol. The summed E-state index contributed by atoms with van der Waals surface area (Å²) >= 11 is 6.01. The summed E-state index contributed by atoms with van der Waals surface area (Å²) in [6.45, 7) is 3.89. The number of phenols is 1. The first kappa shape index (κ1) is 23.2. The fourth-order valence-corrected chi connectivity index (χ4v) is 4.45. The van der Waals surface area contributed by atoms with Crippen molar-refractivity contribution in [3.05, 3.63) is 83.3 Å². The van der Waals surface area contributed by atoms with E-state index < -0.39 is 0 Å². The molecule has 4 rings (SSSR count). The second-order valence-electron chi connectivity index (χ2n) is 8.53. The highest BCUT2D eigenvalue weighted by molar-refractivity contribution is 6.30. The molecular weight excluding hydrogens is 438 g/mol. The van der Waals surface area contributed by atoms with Crippen molar-refractivity contribution in [1.82, 2.24) is 15.1 Å². The van der Waals surface area contributed by atoms with Gasteiger partial charge in [0.15, 0.2) is 0 Å². The number of likely N-dealkylation sites (tertiary alicyclic amines) is 1. The van der Waals surface area contributed by atoms with Crippen molar-refractivity contribution >= 4 is 23.3 Å². The first-order chi connectivity index (χ1) is 16.0. The number of nitrogens with one attached hydrogen (secondary N) is 1. The van der Waals surface area contributed by atoms with Crippen LogP contribution in [-0.4, -0.2) is 53.0 Å². The largest absolute Gasteiger partial charge is 0.508 e. The third-order valence-electron chi connectivity index (χ3n) is 5.96. The summed E-state index contributed by atoms with van der Waals surface area (Å²) in [6, 6.07) is 14.8. The molecular formula is C26H30ClN3O3. The number of phenolic OH excluding ortho intramolecular Hbond substituents is 1. The van der Waals surface area contributed by atoms with Gasteiger partial charge in [-0.05, 0) is 55.6 Å². The molecule has 0 unspecified atom stereocenters. The van der Waals surface area contributed by atoms with Gasteiger partial charge >= 0.3 is 0 Å². The topological polar surface area (TPSA) is 65.0 Å². The number of halogens is 1. The van der Waals surface area contributed by atoms with E-state index in [1.807, 2.05) is 42.7 Å². The molecule has 0 aliphatic carbocycles. The third-order valence-corrected chi connectivity index (χ3v) is 6.19. The summed E-state index contributed by atoms with van der Waals surface area (Å²) < 4.78 is 5.61. The van der Waals surface area contributed by atoms with Crippen LogP contribution < -0.4 is 5.32 Å². The first-order valence-corrected chi connectivity index (χ1v) is 11.8. The number of amides is 1. The summed E-state index contributed by atoms with van der Waals surface area (Å²) in [7, 11) is 0. The van der Waals surface area contributed by atoms with E-state index in [0.29, 0.717) is 11.4 Å². The molecule has 2 heterocycles. The van der Waals surface area contributed by atoms with E-state index in [1.54, 1.807) is 24.5 Å². The molecule has 2 aliphatic rings. The molecule has 7 heteroatoms. The molecule has 1 saturated heterocycles. The van der Waals surface area contributed by atoms with Crippen molar-refractivity contribution < 1.29 is 14.6 Å². The Kier molecular flexibility index (Phi) is 7.92. The maximum Gasteiger partial charge on any atom is 0.224 e. The number of piperidine rings is 1. The van der Waals surface area contributed by atoms with Gasteiger partial charge < -0.3 is 25.0 Å². The van der Waals surface area contributed by atoms with Crippen molar-refractivity contribution in [2.24, 2.45) is 0 Å². The van der Waals surface area contributed by atoms with Crippen molar-refractivity contribution in [3.8, 4) is 5.75 Å². The van der Waals surface area contributed by atoms with Gasteiger partial charge in [0.05, 0.1) is 6.42 Å². The summed E-state index contributed by atoms with van der Waals surface area (Å²) in [5, 5.41) is 13.5. The Hall–Kier alpha value is -2.96. The standard InChI is InChI=1S/C26H30ClN3O3/c27-22-6-1-4-20(16-22)17-26(32)28-23-8-12-29(13-9-23)10-3-11-30-14-15-33-25(19-30)21-5-2-7-24(31)18-21/h1-2,4-7,14-16,18-19,23,31H,3,8-13,17H2,(H,28,32). The van der Waals surface area contributed by atoms with Gasteiger partial charge in [-0.2, -0.15) is 0 Å². The van der Waals surface area contributed by atoms with Gasteiger partial charge in [-0.15, -0.1) is 0 Å². The van der Waals surface area contributed by atoms with Crippen LogP contribution in [0.3, 0.4) is 0 Å². The Balaban J connectivity index is 1.16. The van der Waals surface area contributed by atoms with E-state index in [0.717, 1.165) is 62.3 Å². The number of ether oxygens (including phenoxy) is 1. The Morgan fingerprint density at radius 1 is 1.12 bits per heavy atom. The molecule has 1 fully saturated rings. The van der Waals surface area contributed by atoms with Gasteiger partial charge in [-0.3, -0.25) is 4.79 Å². The van der Waals surface area contributed by atoms with E-state index in [-0.39, 0.29) is 17.7 Å². The minimum absolute atomic E-state index is 0.0594. The summed E-state index contributed by atoms with van der Waals surface area (Å²) in [6.07, 6.45) is 8.91. The number of nitrogens with zero attached hydrogens (tertiary/aromatic N) is 2. The van der Waals surface area contributed by atoms with Crippen LogP contribution in [0, 0.1) is 0 Å². The molecule has 6 nitrogen and oxygen atoms in total. The summed E-state index contributed by atoms with van der Waals surface area (Å²) in [4.78, 5) is 16.9. The Labute approximate surface area is 200 Å². The van der Waals surface area contributed by atoms with Crippen LogP contribution in [0.15, 0.2) is 67.2 Å². The maximum absolute atomic E-state index is 12.4. The van der Waals surface area contributed by atoms with Crippen LogP contribution in [0.25, 0.3) is 5.76 Å². The van der Waals surface area contributed by atoms with Crippen LogP contribution in [-0.2, 0) is 16.0 Å². The molecule has 2 aromatic rings. The van der Waals surface area contributed by atoms with E-state index in [1.165, 1.54) is 0 Å². The highest BCUT2D eigenvalue weighted by Crippen LogP contribution is 2.24. The highest BCUT2D eigenvalue weighted by Gasteiger charge is 2.20. The summed E-state index contributed by atoms with van der Waals surface area (Å²) in [5.41, 5.74) is 1.79. The number of hydrogen-bond donors (Lipinski definition) is 2. The van der Waals surface area contributed by atoms with Gasteiger partial charge in [0, 0.05) is 48.7 Å². The number of aromatic hydroxyl groups is 1. The minimum Gasteiger partial charge on any atom is -0.508 e. The lowest BCUT2D eigenvalue weighted by Crippen LogP contribution is -2.45. The number of carbonyl (C=O) groups is 1. The van der Waals surface area contributed by atoms with Crippen LogP contribution in [0.4, 0.5) is 0 Å². The van der Waals surface area contributed by atoms with Crippen LogP contribution >= 0.6 is 11.6 Å². The van der Waals surface area contributed by atoms with Crippen LogP contribution in [0.1, 0.15) is 30.4 Å². The normalized spacial score (nSPS) is 16.9. The molecule has 0 bridgehead atoms. The molecule has 2 aromatic carbocycles. The number of carbonyl (C=O) groups excluding carboxylic acids is 1. The maximum atomic E-state index is 12.4. The quantitative estimate of drug-likeness (QED) is 0.604. The van der Waals surface area contributed by atoms with Crippen molar-refractivity contribution in [2.75, 3.05) is 26.2 Å². The molecule has 174 valence electrons. The Morgan fingerprint density at radius 3 is 2.73 bits per heavy atom. The SMILES string of the molecule is O=C(Cc1cccc(Cl)c1)NC1CCN(CCCN2C=COC(c3cccc(O)c3)=C2)CC1. The molecule has 1 amide bonds. The van der Waals surface area contributed by atoms with Crippen LogP contribution in [0.5, 0.6) is 5.75 Å². The van der Waals surface area contributed by atoms with Crippen molar-refractivity contribution in [3.63, 3.8) is 0 Å². The molecule has 0 radical (unpaired) electrons. The molecule has 0 aromatic heterocycles. The lowest BCUT2D eigenvalue weighted by molar-refractivity contribution is -0.121. The van der Waals surface area contributed by atoms with Gasteiger partial charge in [0.2, 0.25) is 5.91 Å². The van der Waals surface area contributed by atoms with Crippen molar-refractivity contribution in [1.29, 1.82) is 0 Å². The van der Waals surface area contributed by atoms with Gasteiger partial charge in [-0.25, -0.2) is 0 Å². The molecule has 0 atom stereocenters. The van der Waals surface area contributed by atoms with E-state index in [9.17, 15) is 9.90 Å². The van der Waals surface area contributed by atoms with Gasteiger partial charge in [-0.1, -0.05) is 35.9 Å². The summed E-state index contributed by atoms with van der Waals surface area (Å²) in [5.74, 6) is 1.01. The first-order valence-electron chi connectivity index (χ1n) is 11.4. The third kappa shape index (κ3) is 7.01. The monoisotopic (exact) mass is 467 g/mol. The Morgan fingerprint density at radius 2 is 1.94 bits per heavy atom. The zero-order valence-corrected chi connectivity index (χ0v) is 19.4.